The molecule has 0 radical (unpaired) electrons. The first-order chi connectivity index (χ1) is 11.4. The summed E-state index contributed by atoms with van der Waals surface area (Å²) in [7, 11) is 0. The lowest BCUT2D eigenvalue weighted by atomic mass is 9.93. The van der Waals surface area contributed by atoms with Gasteiger partial charge in [-0.3, -0.25) is 0 Å². The van der Waals surface area contributed by atoms with Crippen LogP contribution in [-0.2, 0) is 12.8 Å². The van der Waals surface area contributed by atoms with Crippen molar-refractivity contribution in [1.82, 2.24) is 15.5 Å². The highest BCUT2D eigenvalue weighted by Crippen LogP contribution is 2.30. The Labute approximate surface area is 134 Å². The lowest BCUT2D eigenvalue weighted by molar-refractivity contribution is 0.405. The van der Waals surface area contributed by atoms with Crippen molar-refractivity contribution in [3.05, 3.63) is 59.9 Å². The Bertz CT molecular complexity index is 763. The summed E-state index contributed by atoms with van der Waals surface area (Å²) in [6, 6.07) is 12.3. The van der Waals surface area contributed by atoms with Crippen LogP contribution in [0.25, 0.3) is 11.5 Å². The average molecular weight is 309 g/mol. The third kappa shape index (κ3) is 3.05. The lowest BCUT2D eigenvalue weighted by Crippen LogP contribution is -2.26. The summed E-state index contributed by atoms with van der Waals surface area (Å²) in [6.07, 6.45) is 5.87. The maximum absolute atomic E-state index is 5.73. The molecule has 0 aliphatic heterocycles. The first-order valence-corrected chi connectivity index (χ1v) is 8.07. The predicted molar refractivity (Wildman–Crippen MR) is 85.8 cm³/mol. The molecule has 0 bridgehead atoms. The van der Waals surface area contributed by atoms with Crippen molar-refractivity contribution >= 4 is 0 Å². The van der Waals surface area contributed by atoms with Gasteiger partial charge in [0.1, 0.15) is 5.76 Å². The minimum Gasteiger partial charge on any atom is -0.469 e. The van der Waals surface area contributed by atoms with Gasteiger partial charge in [0, 0.05) is 36.6 Å². The number of aromatic nitrogens is 2. The summed E-state index contributed by atoms with van der Waals surface area (Å²) in [5.74, 6) is 2.37. The number of furan rings is 1. The quantitative estimate of drug-likeness (QED) is 0.781. The van der Waals surface area contributed by atoms with Crippen LogP contribution in [0.15, 0.2) is 51.5 Å². The zero-order chi connectivity index (χ0) is 15.5. The highest BCUT2D eigenvalue weighted by atomic mass is 16.4. The first kappa shape index (κ1) is 14.2. The second-order valence-electron chi connectivity index (χ2n) is 5.82. The molecule has 5 heteroatoms. The van der Waals surface area contributed by atoms with Gasteiger partial charge >= 0.3 is 0 Å². The number of nitrogens with zero attached hydrogens (tertiary/aromatic N) is 2. The Hall–Kier alpha value is -2.40. The van der Waals surface area contributed by atoms with Crippen LogP contribution in [0.2, 0.25) is 0 Å². The Balaban J connectivity index is 1.35. The molecule has 2 heterocycles. The molecule has 1 atom stereocenters. The topological polar surface area (TPSA) is 64.1 Å². The molecule has 5 nitrogen and oxygen atoms in total. The van der Waals surface area contributed by atoms with Crippen molar-refractivity contribution in [2.45, 2.75) is 31.7 Å². The normalized spacial score (nSPS) is 17.1. The molecule has 23 heavy (non-hydrogen) atoms. The van der Waals surface area contributed by atoms with Crippen LogP contribution in [0.5, 0.6) is 0 Å². The third-order valence-electron chi connectivity index (χ3n) is 4.27. The summed E-state index contributed by atoms with van der Waals surface area (Å²) in [5.41, 5.74) is 2.25. The second-order valence-corrected chi connectivity index (χ2v) is 5.82. The number of hydrogen-bond acceptors (Lipinski definition) is 5. The largest absolute Gasteiger partial charge is 0.469 e. The Morgan fingerprint density at radius 1 is 1.13 bits per heavy atom. The third-order valence-corrected chi connectivity index (χ3v) is 4.27. The van der Waals surface area contributed by atoms with Gasteiger partial charge in [-0.1, -0.05) is 18.2 Å². The number of fused-ring (bicyclic) bond motifs is 1. The molecule has 0 fully saturated rings. The fourth-order valence-corrected chi connectivity index (χ4v) is 3.10. The Morgan fingerprint density at radius 2 is 2.04 bits per heavy atom. The molecule has 0 saturated heterocycles. The molecule has 1 aliphatic carbocycles. The van der Waals surface area contributed by atoms with Gasteiger partial charge in [-0.2, -0.15) is 0 Å². The summed E-state index contributed by atoms with van der Waals surface area (Å²) in [5, 5.41) is 11.8. The van der Waals surface area contributed by atoms with Gasteiger partial charge in [0.15, 0.2) is 0 Å². The van der Waals surface area contributed by atoms with Crippen molar-refractivity contribution in [2.75, 3.05) is 6.54 Å². The average Bonchev–Trinajstić information content (AvgIpc) is 3.25. The maximum Gasteiger partial charge on any atom is 0.247 e. The van der Waals surface area contributed by atoms with E-state index in [-0.39, 0.29) is 0 Å². The molecule has 3 aromatic rings. The van der Waals surface area contributed by atoms with Gasteiger partial charge in [-0.15, -0.1) is 10.2 Å². The fourth-order valence-electron chi connectivity index (χ4n) is 3.10. The minimum atomic E-state index is 0.369. The van der Waals surface area contributed by atoms with E-state index in [0.29, 0.717) is 17.8 Å². The van der Waals surface area contributed by atoms with Crippen LogP contribution in [0.1, 0.15) is 36.1 Å². The van der Waals surface area contributed by atoms with Crippen molar-refractivity contribution < 1.29 is 8.83 Å². The van der Waals surface area contributed by atoms with Crippen molar-refractivity contribution in [2.24, 2.45) is 0 Å². The van der Waals surface area contributed by atoms with Crippen LogP contribution in [0, 0.1) is 0 Å². The van der Waals surface area contributed by atoms with E-state index >= 15 is 0 Å². The van der Waals surface area contributed by atoms with Gasteiger partial charge in [-0.25, -0.2) is 0 Å². The molecule has 0 amide bonds. The van der Waals surface area contributed by atoms with E-state index in [2.05, 4.69) is 21.6 Å². The number of hydrogen-bond donors (Lipinski definition) is 1. The maximum atomic E-state index is 5.73. The van der Waals surface area contributed by atoms with Gasteiger partial charge in [0.25, 0.3) is 0 Å². The molecule has 118 valence electrons. The highest BCUT2D eigenvalue weighted by molar-refractivity contribution is 5.51. The highest BCUT2D eigenvalue weighted by Gasteiger charge is 2.22. The Kier molecular flexibility index (Phi) is 3.94. The van der Waals surface area contributed by atoms with Crippen molar-refractivity contribution in [3.63, 3.8) is 0 Å². The van der Waals surface area contributed by atoms with E-state index in [9.17, 15) is 0 Å². The summed E-state index contributed by atoms with van der Waals surface area (Å²) in [6.45, 7) is 0.811. The van der Waals surface area contributed by atoms with Crippen LogP contribution < -0.4 is 5.32 Å². The minimum absolute atomic E-state index is 0.369. The number of benzene rings is 1. The van der Waals surface area contributed by atoms with Crippen molar-refractivity contribution in [1.29, 1.82) is 0 Å². The van der Waals surface area contributed by atoms with Gasteiger partial charge in [-0.05, 0) is 31.0 Å². The monoisotopic (exact) mass is 309 g/mol. The first-order valence-electron chi connectivity index (χ1n) is 8.07. The van der Waals surface area contributed by atoms with Crippen LogP contribution in [0.4, 0.5) is 0 Å². The molecule has 0 spiro atoms. The van der Waals surface area contributed by atoms with E-state index < -0.39 is 0 Å². The molecular formula is C18H19N3O2. The molecule has 1 aliphatic rings. The molecular weight excluding hydrogens is 290 g/mol. The smallest absolute Gasteiger partial charge is 0.247 e. The zero-order valence-corrected chi connectivity index (χ0v) is 12.9. The van der Waals surface area contributed by atoms with Gasteiger partial charge < -0.3 is 14.2 Å². The predicted octanol–water partition coefficient (Wildman–Crippen LogP) is 3.54. The summed E-state index contributed by atoms with van der Waals surface area (Å²) in [4.78, 5) is 0. The van der Waals surface area contributed by atoms with E-state index in [0.717, 1.165) is 43.6 Å². The number of rotatable bonds is 5. The molecule has 0 unspecified atom stereocenters. The summed E-state index contributed by atoms with van der Waals surface area (Å²) < 4.78 is 11.3. The molecule has 2 aromatic heterocycles. The van der Waals surface area contributed by atoms with E-state index in [1.807, 2.05) is 30.3 Å². The van der Waals surface area contributed by atoms with Crippen LogP contribution in [0.3, 0.4) is 0 Å². The van der Waals surface area contributed by atoms with E-state index in [1.54, 1.807) is 6.26 Å². The zero-order valence-electron chi connectivity index (χ0n) is 12.9. The number of nitrogens with one attached hydrogen (secondary N) is 1. The second kappa shape index (κ2) is 6.38. The van der Waals surface area contributed by atoms with E-state index in [1.165, 1.54) is 5.56 Å². The molecule has 1 aromatic carbocycles. The van der Waals surface area contributed by atoms with Crippen molar-refractivity contribution in [3.8, 4) is 11.5 Å². The van der Waals surface area contributed by atoms with E-state index in [4.69, 9.17) is 8.83 Å². The lowest BCUT2D eigenvalue weighted by Gasteiger charge is -2.22. The fraction of sp³-hybridized carbons (Fsp3) is 0.333. The van der Waals surface area contributed by atoms with Gasteiger partial charge in [0.05, 0.1) is 6.26 Å². The Morgan fingerprint density at radius 3 is 2.96 bits per heavy atom. The molecule has 4 rings (SSSR count). The van der Waals surface area contributed by atoms with Crippen LogP contribution >= 0.6 is 0 Å². The molecule has 1 N–H and O–H groups in total. The van der Waals surface area contributed by atoms with Gasteiger partial charge in [0.2, 0.25) is 11.8 Å². The number of aryl methyl sites for hydroxylation is 1. The standard InChI is InChI=1S/C18H19N3O2/c1-2-5-13(6-3-1)18-21-20-17(23-18)9-11-19-15-7-4-8-16-14(15)10-12-22-16/h1-3,5-6,10,12,15,19H,4,7-9,11H2/t15-/m0/s1. The summed E-state index contributed by atoms with van der Waals surface area (Å²) >= 11 is 0. The SMILES string of the molecule is c1ccc(-c2nnc(CCN[C@H]3CCCc4occc43)o2)cc1. The molecule has 0 saturated carbocycles. The van der Waals surface area contributed by atoms with Crippen LogP contribution in [-0.4, -0.2) is 16.7 Å².